The molecule has 196 valence electrons. The highest BCUT2D eigenvalue weighted by Gasteiger charge is 2.33. The molecule has 1 aliphatic heterocycles. The summed E-state index contributed by atoms with van der Waals surface area (Å²) in [7, 11) is 0. The van der Waals surface area contributed by atoms with Gasteiger partial charge in [0.15, 0.2) is 0 Å². The molecule has 5 rings (SSSR count). The molecular weight excluding hydrogens is 470 g/mol. The first-order valence-electron chi connectivity index (χ1n) is 13.8. The van der Waals surface area contributed by atoms with Crippen LogP contribution in [0.1, 0.15) is 49.1 Å². The Labute approximate surface area is 225 Å². The molecule has 0 radical (unpaired) electrons. The molecule has 4 nitrogen and oxygen atoms in total. The van der Waals surface area contributed by atoms with Crippen molar-refractivity contribution in [2.45, 2.75) is 50.7 Å². The average Bonchev–Trinajstić information content (AvgIpc) is 2.98. The van der Waals surface area contributed by atoms with E-state index < -0.39 is 0 Å². The molecule has 0 bridgehead atoms. The fourth-order valence-electron chi connectivity index (χ4n) is 5.53. The number of hydrogen-bond donors (Lipinski definition) is 1. The van der Waals surface area contributed by atoms with E-state index in [1.54, 1.807) is 0 Å². The van der Waals surface area contributed by atoms with E-state index in [1.807, 2.05) is 11.0 Å². The molecule has 1 amide bonds. The molecule has 1 fully saturated rings. The third kappa shape index (κ3) is 6.50. The molecule has 2 atom stereocenters. The number of fused-ring (bicyclic) bond motifs is 1. The maximum absolute atomic E-state index is 13.0. The van der Waals surface area contributed by atoms with E-state index in [0.29, 0.717) is 19.6 Å². The van der Waals surface area contributed by atoms with E-state index in [-0.39, 0.29) is 24.5 Å². The fraction of sp³-hybridized carbons (Fsp3) is 0.324. The van der Waals surface area contributed by atoms with E-state index in [1.165, 1.54) is 27.5 Å². The Kier molecular flexibility index (Phi) is 8.85. The number of benzene rings is 4. The van der Waals surface area contributed by atoms with Crippen molar-refractivity contribution in [1.29, 1.82) is 0 Å². The molecule has 4 heteroatoms. The van der Waals surface area contributed by atoms with Gasteiger partial charge < -0.3 is 14.7 Å². The summed E-state index contributed by atoms with van der Waals surface area (Å²) in [5.41, 5.74) is 4.83. The van der Waals surface area contributed by atoms with Crippen LogP contribution in [0.2, 0.25) is 0 Å². The molecule has 4 aromatic rings. The maximum atomic E-state index is 13.0. The molecule has 4 aromatic carbocycles. The van der Waals surface area contributed by atoms with Gasteiger partial charge in [0.1, 0.15) is 0 Å². The minimum absolute atomic E-state index is 0.0809. The van der Waals surface area contributed by atoms with Crippen LogP contribution in [-0.4, -0.2) is 41.7 Å². The molecule has 1 aliphatic rings. The van der Waals surface area contributed by atoms with Crippen molar-refractivity contribution in [3.63, 3.8) is 0 Å². The van der Waals surface area contributed by atoms with E-state index in [2.05, 4.69) is 91.0 Å². The van der Waals surface area contributed by atoms with Crippen LogP contribution in [0.3, 0.4) is 0 Å². The van der Waals surface area contributed by atoms with Gasteiger partial charge in [-0.3, -0.25) is 4.79 Å². The van der Waals surface area contributed by atoms with Crippen LogP contribution in [0.15, 0.2) is 97.1 Å². The standard InChI is InChI=1S/C34H37NO3/c36-21-8-2-5-16-34(37)35-20-19-32(31-15-9-14-30(23-31)27-10-3-1-4-11-27)33(24-35)38-25-26-17-18-28-12-6-7-13-29(28)22-26/h1,3-4,6-7,9-15,17-18,22-23,32-33,36H,2,5,8,16,19-21,24-25H2/t32-,33+/m1/s1. The number of carbonyl (C=O) groups is 1. The number of likely N-dealkylation sites (tertiary alicyclic amines) is 1. The zero-order chi connectivity index (χ0) is 26.2. The van der Waals surface area contributed by atoms with Crippen molar-refractivity contribution in [2.24, 2.45) is 0 Å². The molecule has 0 saturated carbocycles. The molecule has 0 aliphatic carbocycles. The molecule has 0 aromatic heterocycles. The average molecular weight is 508 g/mol. The fourth-order valence-corrected chi connectivity index (χ4v) is 5.53. The Balaban J connectivity index is 1.34. The zero-order valence-corrected chi connectivity index (χ0v) is 22.0. The predicted molar refractivity (Wildman–Crippen MR) is 154 cm³/mol. The second-order valence-electron chi connectivity index (χ2n) is 10.3. The van der Waals surface area contributed by atoms with Crippen LogP contribution in [0.4, 0.5) is 0 Å². The lowest BCUT2D eigenvalue weighted by Gasteiger charge is -2.39. The number of piperidine rings is 1. The van der Waals surface area contributed by atoms with Crippen molar-refractivity contribution in [2.75, 3.05) is 19.7 Å². The Morgan fingerprint density at radius 2 is 1.61 bits per heavy atom. The second-order valence-corrected chi connectivity index (χ2v) is 10.3. The van der Waals surface area contributed by atoms with E-state index in [4.69, 9.17) is 9.84 Å². The monoisotopic (exact) mass is 507 g/mol. The topological polar surface area (TPSA) is 49.8 Å². The van der Waals surface area contributed by atoms with Gasteiger partial charge in [-0.2, -0.15) is 0 Å². The SMILES string of the molecule is O=C(CCCCCO)N1CC[C@H](c2cccc(-c3ccccc3)c2)[C@@H](OCc2ccc3ccccc3c2)C1. The van der Waals surface area contributed by atoms with Gasteiger partial charge in [0.25, 0.3) is 0 Å². The Bertz CT molecular complexity index is 1340. The number of aliphatic hydroxyl groups excluding tert-OH is 1. The molecule has 0 unspecified atom stereocenters. The number of aliphatic hydroxyl groups is 1. The molecular formula is C34H37NO3. The highest BCUT2D eigenvalue weighted by molar-refractivity contribution is 5.83. The van der Waals surface area contributed by atoms with Crippen LogP contribution < -0.4 is 0 Å². The highest BCUT2D eigenvalue weighted by Crippen LogP contribution is 2.34. The van der Waals surface area contributed by atoms with Crippen molar-refractivity contribution >= 4 is 16.7 Å². The third-order valence-electron chi connectivity index (χ3n) is 7.66. The molecule has 1 N–H and O–H groups in total. The van der Waals surface area contributed by atoms with E-state index in [9.17, 15) is 4.79 Å². The summed E-state index contributed by atoms with van der Waals surface area (Å²) in [6, 6.07) is 34.1. The maximum Gasteiger partial charge on any atom is 0.222 e. The summed E-state index contributed by atoms with van der Waals surface area (Å²) in [4.78, 5) is 15.0. The van der Waals surface area contributed by atoms with E-state index in [0.717, 1.165) is 37.8 Å². The summed E-state index contributed by atoms with van der Waals surface area (Å²) in [6.07, 6.45) is 3.79. The molecule has 1 saturated heterocycles. The van der Waals surface area contributed by atoms with Crippen molar-refractivity contribution in [1.82, 2.24) is 4.90 Å². The van der Waals surface area contributed by atoms with Gasteiger partial charge in [0.2, 0.25) is 5.91 Å². The van der Waals surface area contributed by atoms with Crippen LogP contribution >= 0.6 is 0 Å². The van der Waals surface area contributed by atoms with Gasteiger partial charge in [0.05, 0.1) is 12.7 Å². The number of rotatable bonds is 10. The van der Waals surface area contributed by atoms with E-state index >= 15 is 0 Å². The summed E-state index contributed by atoms with van der Waals surface area (Å²) in [5, 5.41) is 11.5. The normalized spacial score (nSPS) is 17.6. The zero-order valence-electron chi connectivity index (χ0n) is 22.0. The summed E-state index contributed by atoms with van der Waals surface area (Å²) < 4.78 is 6.63. The van der Waals surface area contributed by atoms with Gasteiger partial charge in [-0.25, -0.2) is 0 Å². The number of hydrogen-bond acceptors (Lipinski definition) is 3. The number of amides is 1. The summed E-state index contributed by atoms with van der Waals surface area (Å²) >= 11 is 0. The first-order valence-corrected chi connectivity index (χ1v) is 13.8. The Morgan fingerprint density at radius 1 is 0.816 bits per heavy atom. The molecule has 38 heavy (non-hydrogen) atoms. The highest BCUT2D eigenvalue weighted by atomic mass is 16.5. The smallest absolute Gasteiger partial charge is 0.222 e. The van der Waals surface area contributed by atoms with Crippen LogP contribution in [0.5, 0.6) is 0 Å². The second kappa shape index (κ2) is 12.9. The minimum Gasteiger partial charge on any atom is -0.396 e. The minimum atomic E-state index is -0.0809. The van der Waals surface area contributed by atoms with Gasteiger partial charge in [-0.15, -0.1) is 0 Å². The van der Waals surface area contributed by atoms with Gasteiger partial charge in [-0.05, 0) is 58.4 Å². The van der Waals surface area contributed by atoms with Crippen LogP contribution in [-0.2, 0) is 16.1 Å². The number of nitrogens with zero attached hydrogens (tertiary/aromatic N) is 1. The van der Waals surface area contributed by atoms with Gasteiger partial charge >= 0.3 is 0 Å². The first kappa shape index (κ1) is 26.1. The van der Waals surface area contributed by atoms with Crippen molar-refractivity contribution in [3.05, 3.63) is 108 Å². The number of ether oxygens (including phenoxy) is 1. The van der Waals surface area contributed by atoms with Gasteiger partial charge in [0, 0.05) is 32.0 Å². The number of unbranched alkanes of at least 4 members (excludes halogenated alkanes) is 2. The predicted octanol–water partition coefficient (Wildman–Crippen LogP) is 6.96. The van der Waals surface area contributed by atoms with Crippen molar-refractivity contribution in [3.8, 4) is 11.1 Å². The lowest BCUT2D eigenvalue weighted by atomic mass is 9.85. The van der Waals surface area contributed by atoms with Crippen LogP contribution in [0.25, 0.3) is 21.9 Å². The Hall–Kier alpha value is -3.47. The van der Waals surface area contributed by atoms with Gasteiger partial charge in [-0.1, -0.05) is 97.4 Å². The summed E-state index contributed by atoms with van der Waals surface area (Å²) in [5.74, 6) is 0.413. The molecule has 0 spiro atoms. The lowest BCUT2D eigenvalue weighted by molar-refractivity contribution is -0.136. The number of carbonyl (C=O) groups excluding carboxylic acids is 1. The van der Waals surface area contributed by atoms with Crippen molar-refractivity contribution < 1.29 is 14.6 Å². The Morgan fingerprint density at radius 3 is 2.45 bits per heavy atom. The molecule has 1 heterocycles. The first-order chi connectivity index (χ1) is 18.7. The quantitative estimate of drug-likeness (QED) is 0.236. The summed E-state index contributed by atoms with van der Waals surface area (Å²) in [6.45, 7) is 2.05. The lowest BCUT2D eigenvalue weighted by Crippen LogP contribution is -2.46. The largest absolute Gasteiger partial charge is 0.396 e. The third-order valence-corrected chi connectivity index (χ3v) is 7.66. The van der Waals surface area contributed by atoms with Crippen LogP contribution in [0, 0.1) is 0 Å².